The third kappa shape index (κ3) is 6.02. The third-order valence-electron chi connectivity index (χ3n) is 4.63. The Labute approximate surface area is 184 Å². The third-order valence-corrected chi connectivity index (χ3v) is 6.81. The van der Waals surface area contributed by atoms with Crippen LogP contribution in [0.5, 0.6) is 0 Å². The van der Waals surface area contributed by atoms with Crippen LogP contribution in [0.4, 0.5) is 0 Å². The average molecular weight is 463 g/mol. The van der Waals surface area contributed by atoms with Gasteiger partial charge in [0.1, 0.15) is 5.66 Å². The largest absolute Gasteiger partial charge is 0.434 e. The lowest BCUT2D eigenvalue weighted by Gasteiger charge is -2.31. The molecule has 0 bridgehead atoms. The van der Waals surface area contributed by atoms with Crippen LogP contribution in [0.3, 0.4) is 0 Å². The molecule has 0 aromatic heterocycles. The number of hydrogen-bond acceptors (Lipinski definition) is 9. The summed E-state index contributed by atoms with van der Waals surface area (Å²) in [5.41, 5.74) is -0.843. The zero-order chi connectivity index (χ0) is 23.0. The summed E-state index contributed by atoms with van der Waals surface area (Å²) >= 11 is 0. The number of benzene rings is 2. The molecule has 1 aliphatic rings. The molecule has 0 radical (unpaired) electrons. The lowest BCUT2D eigenvalue weighted by Crippen LogP contribution is -2.42. The molecule has 1 aliphatic heterocycles. The maximum absolute atomic E-state index is 13.4. The van der Waals surface area contributed by atoms with E-state index in [1.54, 1.807) is 36.4 Å². The van der Waals surface area contributed by atoms with Gasteiger partial charge < -0.3 is 9.47 Å². The first-order valence-electron chi connectivity index (χ1n) is 9.74. The maximum atomic E-state index is 13.4. The number of hydroxylamine groups is 2. The summed E-state index contributed by atoms with van der Waals surface area (Å²) in [6.07, 6.45) is 0.448. The lowest BCUT2D eigenvalue weighted by atomic mass is 10.1. The Morgan fingerprint density at radius 1 is 0.906 bits per heavy atom. The molecule has 10 nitrogen and oxygen atoms in total. The van der Waals surface area contributed by atoms with Gasteiger partial charge in [-0.25, -0.2) is 14.7 Å². The molecular formula is C21H22NO9P. The van der Waals surface area contributed by atoms with E-state index in [2.05, 4.69) is 0 Å². The van der Waals surface area contributed by atoms with Crippen LogP contribution in [-0.2, 0) is 27.9 Å². The van der Waals surface area contributed by atoms with Gasteiger partial charge in [-0.3, -0.25) is 23.6 Å². The SMILES string of the molecule is O=C(OCOP(=O)(OCOC(=O)c1ccccc1)C1CCCN(O)C1=O)c1ccccc1. The van der Waals surface area contributed by atoms with E-state index in [0.717, 1.165) is 0 Å². The van der Waals surface area contributed by atoms with E-state index >= 15 is 0 Å². The molecule has 11 heteroatoms. The van der Waals surface area contributed by atoms with Crippen LogP contribution in [0.2, 0.25) is 0 Å². The topological polar surface area (TPSA) is 129 Å². The number of nitrogens with zero attached hydrogens (tertiary/aromatic N) is 1. The maximum Gasteiger partial charge on any atom is 0.348 e. The predicted octanol–water partition coefficient (Wildman–Crippen LogP) is 3.22. The Kier molecular flexibility index (Phi) is 8.13. The molecular weight excluding hydrogens is 441 g/mol. The zero-order valence-corrected chi connectivity index (χ0v) is 17.9. The molecule has 1 heterocycles. The zero-order valence-electron chi connectivity index (χ0n) is 17.0. The minimum atomic E-state index is -4.29. The number of carbonyl (C=O) groups is 3. The van der Waals surface area contributed by atoms with E-state index in [1.165, 1.54) is 24.3 Å². The smallest absolute Gasteiger partial charge is 0.348 e. The standard InChI is InChI=1S/C21H22NO9P/c23-19-18(12-7-13-22(19)26)32(27,30-14-28-20(24)16-8-3-1-4-9-16)31-15-29-21(25)17-10-5-2-6-11-17/h1-6,8-11,18,26H,7,12-15H2. The normalized spacial score (nSPS) is 16.5. The molecule has 1 amide bonds. The molecule has 0 aliphatic carbocycles. The fourth-order valence-electron chi connectivity index (χ4n) is 2.97. The molecule has 0 saturated carbocycles. The van der Waals surface area contributed by atoms with Gasteiger partial charge in [0.25, 0.3) is 5.91 Å². The first kappa shape index (κ1) is 23.6. The predicted molar refractivity (Wildman–Crippen MR) is 110 cm³/mol. The number of amides is 1. The molecule has 3 rings (SSSR count). The second-order valence-electron chi connectivity index (χ2n) is 6.75. The van der Waals surface area contributed by atoms with E-state index in [0.29, 0.717) is 11.5 Å². The minimum absolute atomic E-state index is 0.0708. The van der Waals surface area contributed by atoms with Crippen LogP contribution in [0.1, 0.15) is 33.6 Å². The van der Waals surface area contributed by atoms with Gasteiger partial charge in [-0.2, -0.15) is 0 Å². The van der Waals surface area contributed by atoms with Crippen LogP contribution in [0, 0.1) is 0 Å². The fourth-order valence-corrected chi connectivity index (χ4v) is 4.71. The first-order chi connectivity index (χ1) is 15.4. The van der Waals surface area contributed by atoms with Crippen LogP contribution in [-0.4, -0.2) is 53.9 Å². The van der Waals surface area contributed by atoms with E-state index in [4.69, 9.17) is 18.5 Å². The van der Waals surface area contributed by atoms with Crippen molar-refractivity contribution >= 4 is 25.4 Å². The van der Waals surface area contributed by atoms with Crippen LogP contribution < -0.4 is 0 Å². The minimum Gasteiger partial charge on any atom is -0.434 e. The summed E-state index contributed by atoms with van der Waals surface area (Å²) in [5, 5.41) is 10.1. The molecule has 1 unspecified atom stereocenters. The summed E-state index contributed by atoms with van der Waals surface area (Å²) < 4.78 is 33.7. The van der Waals surface area contributed by atoms with Gasteiger partial charge >= 0.3 is 19.5 Å². The van der Waals surface area contributed by atoms with E-state index in [-0.39, 0.29) is 24.1 Å². The second-order valence-corrected chi connectivity index (χ2v) is 8.97. The Hall–Kier alpha value is -3.04. The number of ether oxygens (including phenoxy) is 2. The molecule has 2 aromatic rings. The van der Waals surface area contributed by atoms with Crippen molar-refractivity contribution in [1.29, 1.82) is 0 Å². The van der Waals surface area contributed by atoms with Gasteiger partial charge in [0, 0.05) is 6.54 Å². The van der Waals surface area contributed by atoms with Gasteiger partial charge in [-0.15, -0.1) is 0 Å². The van der Waals surface area contributed by atoms with Crippen molar-refractivity contribution in [1.82, 2.24) is 5.06 Å². The Bertz CT molecular complexity index is 922. The average Bonchev–Trinajstić information content (AvgIpc) is 2.81. The highest BCUT2D eigenvalue weighted by atomic mass is 31.2. The summed E-state index contributed by atoms with van der Waals surface area (Å²) in [7, 11) is -4.29. The summed E-state index contributed by atoms with van der Waals surface area (Å²) in [4.78, 5) is 36.5. The van der Waals surface area contributed by atoms with Crippen molar-refractivity contribution in [2.75, 3.05) is 20.1 Å². The Morgan fingerprint density at radius 3 is 1.84 bits per heavy atom. The van der Waals surface area contributed by atoms with Crippen molar-refractivity contribution in [3.05, 3.63) is 71.8 Å². The van der Waals surface area contributed by atoms with Gasteiger partial charge in [-0.1, -0.05) is 36.4 Å². The van der Waals surface area contributed by atoms with Crippen molar-refractivity contribution in [2.24, 2.45) is 0 Å². The molecule has 32 heavy (non-hydrogen) atoms. The van der Waals surface area contributed by atoms with Gasteiger partial charge in [0.2, 0.25) is 13.6 Å². The van der Waals surface area contributed by atoms with Crippen LogP contribution in [0.25, 0.3) is 0 Å². The number of piperidine rings is 1. The number of rotatable bonds is 9. The molecule has 0 spiro atoms. The summed E-state index contributed by atoms with van der Waals surface area (Å²) in [6.45, 7) is -1.47. The van der Waals surface area contributed by atoms with Gasteiger partial charge in [0.15, 0.2) is 0 Å². The van der Waals surface area contributed by atoms with Crippen LogP contribution in [0.15, 0.2) is 60.7 Å². The van der Waals surface area contributed by atoms with Crippen molar-refractivity contribution in [3.63, 3.8) is 0 Å². The molecule has 1 N–H and O–H groups in total. The van der Waals surface area contributed by atoms with E-state index in [9.17, 15) is 24.2 Å². The monoisotopic (exact) mass is 463 g/mol. The summed E-state index contributed by atoms with van der Waals surface area (Å²) in [6, 6.07) is 16.1. The van der Waals surface area contributed by atoms with Gasteiger partial charge in [0.05, 0.1) is 11.1 Å². The number of hydrogen-bond donors (Lipinski definition) is 1. The lowest BCUT2D eigenvalue weighted by molar-refractivity contribution is -0.169. The molecule has 1 atom stereocenters. The van der Waals surface area contributed by atoms with Crippen molar-refractivity contribution < 1.29 is 42.7 Å². The second kappa shape index (κ2) is 11.0. The summed E-state index contributed by atoms with van der Waals surface area (Å²) in [5.74, 6) is -2.32. The molecule has 170 valence electrons. The first-order valence-corrected chi connectivity index (χ1v) is 11.4. The molecule has 1 fully saturated rings. The highest BCUT2D eigenvalue weighted by Crippen LogP contribution is 2.56. The number of carbonyl (C=O) groups excluding carboxylic acids is 3. The highest BCUT2D eigenvalue weighted by Gasteiger charge is 2.46. The highest BCUT2D eigenvalue weighted by molar-refractivity contribution is 7.55. The quantitative estimate of drug-likeness (QED) is 0.258. The fraction of sp³-hybridized carbons (Fsp3) is 0.286. The molecule has 1 saturated heterocycles. The van der Waals surface area contributed by atoms with E-state index < -0.39 is 44.7 Å². The Morgan fingerprint density at radius 2 is 1.38 bits per heavy atom. The van der Waals surface area contributed by atoms with E-state index in [1.807, 2.05) is 0 Å². The Balaban J connectivity index is 1.64. The van der Waals surface area contributed by atoms with Crippen molar-refractivity contribution in [3.8, 4) is 0 Å². The van der Waals surface area contributed by atoms with Crippen molar-refractivity contribution in [2.45, 2.75) is 18.5 Å². The molecule has 2 aromatic carbocycles. The number of esters is 2. The van der Waals surface area contributed by atoms with Gasteiger partial charge in [-0.05, 0) is 37.1 Å². The van der Waals surface area contributed by atoms with Crippen LogP contribution >= 0.6 is 7.60 Å².